The number of aryl methyl sites for hydroxylation is 1. The van der Waals surface area contributed by atoms with Crippen molar-refractivity contribution in [1.82, 2.24) is 4.98 Å². The molecule has 0 aliphatic heterocycles. The second kappa shape index (κ2) is 9.34. The van der Waals surface area contributed by atoms with Gasteiger partial charge in [0.05, 0.1) is 24.9 Å². The van der Waals surface area contributed by atoms with Crippen molar-refractivity contribution in [2.45, 2.75) is 26.9 Å². The zero-order valence-electron chi connectivity index (χ0n) is 16.5. The number of amides is 1. The molecule has 0 saturated carbocycles. The van der Waals surface area contributed by atoms with E-state index >= 15 is 0 Å². The van der Waals surface area contributed by atoms with Gasteiger partial charge in [-0.3, -0.25) is 14.5 Å². The van der Waals surface area contributed by atoms with Crippen LogP contribution in [0.4, 0.5) is 10.8 Å². The van der Waals surface area contributed by atoms with Gasteiger partial charge in [-0.15, -0.1) is 11.3 Å². The lowest BCUT2D eigenvalue weighted by atomic mass is 10.1. The van der Waals surface area contributed by atoms with Crippen molar-refractivity contribution < 1.29 is 19.1 Å². The van der Waals surface area contributed by atoms with Gasteiger partial charge < -0.3 is 9.47 Å². The molecule has 0 fully saturated rings. The highest BCUT2D eigenvalue weighted by Crippen LogP contribution is 2.29. The van der Waals surface area contributed by atoms with Crippen LogP contribution in [0.2, 0.25) is 0 Å². The van der Waals surface area contributed by atoms with Crippen LogP contribution >= 0.6 is 11.3 Å². The fraction of sp³-hybridized carbons (Fsp3) is 0.227. The van der Waals surface area contributed by atoms with Gasteiger partial charge in [-0.05, 0) is 42.3 Å². The molecule has 0 atom stereocenters. The van der Waals surface area contributed by atoms with E-state index in [0.717, 1.165) is 22.6 Å². The Morgan fingerprint density at radius 1 is 1.14 bits per heavy atom. The molecular weight excluding hydrogens is 388 g/mol. The van der Waals surface area contributed by atoms with Crippen LogP contribution in [-0.2, 0) is 27.4 Å². The standard InChI is InChI=1S/C22H22N2O4S/c1-15-5-4-6-19(11-15)24(16(2)25)22-23-18(14-29-22)13-28-21(26)12-17-7-9-20(27-3)10-8-17/h4-11,14H,12-13H2,1-3H3. The monoisotopic (exact) mass is 410 g/mol. The van der Waals surface area contributed by atoms with E-state index in [2.05, 4.69) is 4.98 Å². The first kappa shape index (κ1) is 20.5. The van der Waals surface area contributed by atoms with Crippen molar-refractivity contribution >= 4 is 34.0 Å². The number of carbonyl (C=O) groups excluding carboxylic acids is 2. The lowest BCUT2D eigenvalue weighted by Gasteiger charge is -2.18. The number of esters is 1. The summed E-state index contributed by atoms with van der Waals surface area (Å²) in [5.74, 6) is 0.264. The van der Waals surface area contributed by atoms with E-state index in [1.165, 1.54) is 18.3 Å². The number of nitrogens with zero attached hydrogens (tertiary/aromatic N) is 2. The Bertz CT molecular complexity index is 998. The van der Waals surface area contributed by atoms with E-state index < -0.39 is 0 Å². The molecule has 0 saturated heterocycles. The second-order valence-electron chi connectivity index (χ2n) is 6.50. The summed E-state index contributed by atoms with van der Waals surface area (Å²) < 4.78 is 10.4. The average Bonchev–Trinajstić information content (AvgIpc) is 3.15. The molecule has 150 valence electrons. The van der Waals surface area contributed by atoms with Gasteiger partial charge in [-0.1, -0.05) is 24.3 Å². The molecule has 7 heteroatoms. The molecule has 0 unspecified atom stereocenters. The van der Waals surface area contributed by atoms with Gasteiger partial charge in [0.15, 0.2) is 5.13 Å². The lowest BCUT2D eigenvalue weighted by Crippen LogP contribution is -2.22. The van der Waals surface area contributed by atoms with Crippen LogP contribution in [0.5, 0.6) is 5.75 Å². The number of aromatic nitrogens is 1. The highest BCUT2D eigenvalue weighted by atomic mass is 32.1. The van der Waals surface area contributed by atoms with Gasteiger partial charge in [0, 0.05) is 12.3 Å². The Hall–Kier alpha value is -3.19. The zero-order valence-corrected chi connectivity index (χ0v) is 17.4. The number of anilines is 2. The summed E-state index contributed by atoms with van der Waals surface area (Å²) in [7, 11) is 1.59. The smallest absolute Gasteiger partial charge is 0.310 e. The highest BCUT2D eigenvalue weighted by Gasteiger charge is 2.18. The number of benzene rings is 2. The largest absolute Gasteiger partial charge is 0.497 e. The molecule has 0 bridgehead atoms. The maximum absolute atomic E-state index is 12.2. The van der Waals surface area contributed by atoms with Crippen LogP contribution in [0.1, 0.15) is 23.7 Å². The van der Waals surface area contributed by atoms with Crippen LogP contribution in [0, 0.1) is 6.92 Å². The van der Waals surface area contributed by atoms with Crippen molar-refractivity contribution in [2.75, 3.05) is 12.0 Å². The van der Waals surface area contributed by atoms with Gasteiger partial charge in [-0.2, -0.15) is 0 Å². The first-order valence-corrected chi connectivity index (χ1v) is 9.94. The van der Waals surface area contributed by atoms with E-state index in [1.54, 1.807) is 29.5 Å². The number of ether oxygens (including phenoxy) is 2. The van der Waals surface area contributed by atoms with E-state index in [4.69, 9.17) is 9.47 Å². The molecular formula is C22H22N2O4S. The maximum Gasteiger partial charge on any atom is 0.310 e. The minimum Gasteiger partial charge on any atom is -0.497 e. The van der Waals surface area contributed by atoms with Crippen molar-refractivity contribution in [3.63, 3.8) is 0 Å². The van der Waals surface area contributed by atoms with Gasteiger partial charge in [0.1, 0.15) is 12.4 Å². The summed E-state index contributed by atoms with van der Waals surface area (Å²) in [5.41, 5.74) is 3.26. The molecule has 2 aromatic carbocycles. The number of thiazole rings is 1. The minimum atomic E-state index is -0.341. The number of hydrogen-bond donors (Lipinski definition) is 0. The SMILES string of the molecule is COc1ccc(CC(=O)OCc2csc(N(C(C)=O)c3cccc(C)c3)n2)cc1. The molecule has 0 spiro atoms. The molecule has 29 heavy (non-hydrogen) atoms. The van der Waals surface area contributed by atoms with Gasteiger partial charge in [-0.25, -0.2) is 4.98 Å². The first-order chi connectivity index (χ1) is 14.0. The Morgan fingerprint density at radius 3 is 2.55 bits per heavy atom. The molecule has 0 radical (unpaired) electrons. The molecule has 1 heterocycles. The highest BCUT2D eigenvalue weighted by molar-refractivity contribution is 7.14. The van der Waals surface area contributed by atoms with Crippen LogP contribution in [-0.4, -0.2) is 24.0 Å². The number of carbonyl (C=O) groups is 2. The summed E-state index contributed by atoms with van der Waals surface area (Å²) in [6, 6.07) is 14.9. The average molecular weight is 410 g/mol. The Kier molecular flexibility index (Phi) is 6.61. The molecule has 3 aromatic rings. The second-order valence-corrected chi connectivity index (χ2v) is 7.34. The van der Waals surface area contributed by atoms with Gasteiger partial charge in [0.25, 0.3) is 0 Å². The van der Waals surface area contributed by atoms with E-state index in [-0.39, 0.29) is 24.9 Å². The molecule has 1 aromatic heterocycles. The lowest BCUT2D eigenvalue weighted by molar-refractivity contribution is -0.144. The Labute approximate surface area is 173 Å². The topological polar surface area (TPSA) is 68.7 Å². The van der Waals surface area contributed by atoms with Crippen molar-refractivity contribution in [1.29, 1.82) is 0 Å². The van der Waals surface area contributed by atoms with Crippen LogP contribution in [0.25, 0.3) is 0 Å². The Morgan fingerprint density at radius 2 is 1.90 bits per heavy atom. The summed E-state index contributed by atoms with van der Waals surface area (Å²) in [6.45, 7) is 3.53. The summed E-state index contributed by atoms with van der Waals surface area (Å²) >= 11 is 1.34. The maximum atomic E-state index is 12.2. The minimum absolute atomic E-state index is 0.0606. The summed E-state index contributed by atoms with van der Waals surface area (Å²) in [4.78, 5) is 30.3. The molecule has 1 amide bonds. The third-order valence-electron chi connectivity index (χ3n) is 4.19. The quantitative estimate of drug-likeness (QED) is 0.539. The molecule has 0 N–H and O–H groups in total. The molecule has 6 nitrogen and oxygen atoms in total. The fourth-order valence-electron chi connectivity index (χ4n) is 2.77. The fourth-order valence-corrected chi connectivity index (χ4v) is 3.65. The van der Waals surface area contributed by atoms with E-state index in [9.17, 15) is 9.59 Å². The molecule has 0 aliphatic rings. The van der Waals surface area contributed by atoms with Crippen LogP contribution in [0.15, 0.2) is 53.9 Å². The Balaban J connectivity index is 1.62. The predicted molar refractivity (Wildman–Crippen MR) is 113 cm³/mol. The van der Waals surface area contributed by atoms with Crippen LogP contribution in [0.3, 0.4) is 0 Å². The summed E-state index contributed by atoms with van der Waals surface area (Å²) in [6.07, 6.45) is 0.170. The van der Waals surface area contributed by atoms with Gasteiger partial charge in [0.2, 0.25) is 5.91 Å². The molecule has 0 aliphatic carbocycles. The van der Waals surface area contributed by atoms with Crippen molar-refractivity contribution in [3.05, 3.63) is 70.7 Å². The van der Waals surface area contributed by atoms with E-state index in [0.29, 0.717) is 10.8 Å². The van der Waals surface area contributed by atoms with Crippen LogP contribution < -0.4 is 9.64 Å². The number of rotatable bonds is 7. The van der Waals surface area contributed by atoms with Crippen molar-refractivity contribution in [2.24, 2.45) is 0 Å². The van der Waals surface area contributed by atoms with Gasteiger partial charge >= 0.3 is 5.97 Å². The van der Waals surface area contributed by atoms with Crippen molar-refractivity contribution in [3.8, 4) is 5.75 Å². The van der Waals surface area contributed by atoms with E-state index in [1.807, 2.05) is 43.3 Å². The number of hydrogen-bond acceptors (Lipinski definition) is 6. The number of methoxy groups -OCH3 is 1. The predicted octanol–water partition coefficient (Wildman–Crippen LogP) is 4.43. The summed E-state index contributed by atoms with van der Waals surface area (Å²) in [5, 5.41) is 2.34. The first-order valence-electron chi connectivity index (χ1n) is 9.06. The molecule has 3 rings (SSSR count). The normalized spacial score (nSPS) is 10.4. The third-order valence-corrected chi connectivity index (χ3v) is 5.07. The zero-order chi connectivity index (χ0) is 20.8. The third kappa shape index (κ3) is 5.42.